The molecule has 2 rings (SSSR count). The Kier molecular flexibility index (Phi) is 6.34. The minimum Gasteiger partial charge on any atom is -0.343 e. The predicted octanol–water partition coefficient (Wildman–Crippen LogP) is 3.19. The SMILES string of the molecule is CC(CC(=O)N(C)C1CCCCCC1)C1CCCNC1. The topological polar surface area (TPSA) is 32.3 Å². The van der Waals surface area contributed by atoms with Gasteiger partial charge in [-0.3, -0.25) is 4.79 Å². The number of carbonyl (C=O) groups is 1. The van der Waals surface area contributed by atoms with Crippen LogP contribution in [0.3, 0.4) is 0 Å². The van der Waals surface area contributed by atoms with Crippen LogP contribution < -0.4 is 5.32 Å². The van der Waals surface area contributed by atoms with E-state index in [4.69, 9.17) is 0 Å². The molecule has 1 aliphatic heterocycles. The standard InChI is InChI=1S/C17H32N2O/c1-14(15-8-7-11-18-13-15)12-17(20)19(2)16-9-5-3-4-6-10-16/h14-16,18H,3-13H2,1-2H3. The molecule has 1 saturated carbocycles. The second-order valence-corrected chi connectivity index (χ2v) is 6.94. The average Bonchev–Trinajstić information content (AvgIpc) is 2.76. The molecule has 2 fully saturated rings. The highest BCUT2D eigenvalue weighted by atomic mass is 16.2. The molecule has 3 heteroatoms. The molecule has 3 nitrogen and oxygen atoms in total. The fraction of sp³-hybridized carbons (Fsp3) is 0.941. The molecular weight excluding hydrogens is 248 g/mol. The van der Waals surface area contributed by atoms with Gasteiger partial charge in [0.05, 0.1) is 0 Å². The fourth-order valence-corrected chi connectivity index (χ4v) is 3.80. The number of nitrogens with zero attached hydrogens (tertiary/aromatic N) is 1. The van der Waals surface area contributed by atoms with E-state index in [1.807, 2.05) is 7.05 Å². The number of amides is 1. The minimum absolute atomic E-state index is 0.370. The first-order chi connectivity index (χ1) is 9.68. The van der Waals surface area contributed by atoms with Crippen LogP contribution >= 0.6 is 0 Å². The second kappa shape index (κ2) is 8.02. The van der Waals surface area contributed by atoms with Crippen LogP contribution in [0.4, 0.5) is 0 Å². The number of hydrogen-bond donors (Lipinski definition) is 1. The summed E-state index contributed by atoms with van der Waals surface area (Å²) in [4.78, 5) is 14.6. The molecule has 1 amide bonds. The first-order valence-electron chi connectivity index (χ1n) is 8.65. The number of hydrogen-bond acceptors (Lipinski definition) is 2. The van der Waals surface area contributed by atoms with Gasteiger partial charge in [-0.25, -0.2) is 0 Å². The van der Waals surface area contributed by atoms with Crippen molar-refractivity contribution in [2.24, 2.45) is 11.8 Å². The summed E-state index contributed by atoms with van der Waals surface area (Å²) in [5, 5.41) is 3.46. The van der Waals surface area contributed by atoms with Gasteiger partial charge >= 0.3 is 0 Å². The highest BCUT2D eigenvalue weighted by Gasteiger charge is 2.26. The van der Waals surface area contributed by atoms with Gasteiger partial charge < -0.3 is 10.2 Å². The van der Waals surface area contributed by atoms with Crippen molar-refractivity contribution in [3.63, 3.8) is 0 Å². The molecule has 0 spiro atoms. The zero-order valence-electron chi connectivity index (χ0n) is 13.4. The largest absolute Gasteiger partial charge is 0.343 e. The average molecular weight is 280 g/mol. The summed E-state index contributed by atoms with van der Waals surface area (Å²) < 4.78 is 0. The maximum absolute atomic E-state index is 12.5. The van der Waals surface area contributed by atoms with Gasteiger partial charge in [-0.2, -0.15) is 0 Å². The van der Waals surface area contributed by atoms with E-state index in [-0.39, 0.29) is 0 Å². The van der Waals surface area contributed by atoms with Crippen molar-refractivity contribution < 1.29 is 4.79 Å². The van der Waals surface area contributed by atoms with Crippen LogP contribution in [0, 0.1) is 11.8 Å². The van der Waals surface area contributed by atoms with Gasteiger partial charge in [0, 0.05) is 19.5 Å². The van der Waals surface area contributed by atoms with E-state index in [1.54, 1.807) is 0 Å². The Morgan fingerprint density at radius 3 is 2.45 bits per heavy atom. The third-order valence-electron chi connectivity index (χ3n) is 5.40. The molecule has 0 bridgehead atoms. The molecule has 0 aromatic heterocycles. The molecule has 1 aliphatic carbocycles. The second-order valence-electron chi connectivity index (χ2n) is 6.94. The molecule has 1 N–H and O–H groups in total. The lowest BCUT2D eigenvalue weighted by atomic mass is 9.85. The van der Waals surface area contributed by atoms with Crippen molar-refractivity contribution in [3.05, 3.63) is 0 Å². The predicted molar refractivity (Wildman–Crippen MR) is 83.6 cm³/mol. The molecule has 1 heterocycles. The molecule has 116 valence electrons. The molecule has 0 aromatic carbocycles. The molecule has 2 unspecified atom stereocenters. The van der Waals surface area contributed by atoms with E-state index >= 15 is 0 Å². The maximum atomic E-state index is 12.5. The molecule has 20 heavy (non-hydrogen) atoms. The molecular formula is C17H32N2O. The van der Waals surface area contributed by atoms with Crippen LogP contribution in [0.2, 0.25) is 0 Å². The molecule has 0 aromatic rings. The Hall–Kier alpha value is -0.570. The summed E-state index contributed by atoms with van der Waals surface area (Å²) in [5.74, 6) is 1.58. The van der Waals surface area contributed by atoms with Gasteiger partial charge in [0.1, 0.15) is 0 Å². The minimum atomic E-state index is 0.370. The monoisotopic (exact) mass is 280 g/mol. The van der Waals surface area contributed by atoms with Crippen molar-refractivity contribution in [2.45, 2.75) is 70.8 Å². The van der Waals surface area contributed by atoms with Crippen LogP contribution in [0.1, 0.15) is 64.7 Å². The number of nitrogens with one attached hydrogen (secondary N) is 1. The molecule has 2 atom stereocenters. The summed E-state index contributed by atoms with van der Waals surface area (Å²) in [5.41, 5.74) is 0. The summed E-state index contributed by atoms with van der Waals surface area (Å²) >= 11 is 0. The van der Waals surface area contributed by atoms with Crippen molar-refractivity contribution in [1.29, 1.82) is 0 Å². The van der Waals surface area contributed by atoms with Crippen LogP contribution in [0.15, 0.2) is 0 Å². The smallest absolute Gasteiger partial charge is 0.222 e. The van der Waals surface area contributed by atoms with E-state index < -0.39 is 0 Å². The Labute approximate surface area is 124 Å². The summed E-state index contributed by atoms with van der Waals surface area (Å²) in [7, 11) is 2.03. The van der Waals surface area contributed by atoms with Crippen LogP contribution in [-0.4, -0.2) is 37.0 Å². The number of piperidine rings is 1. The molecule has 1 saturated heterocycles. The third-order valence-corrected chi connectivity index (χ3v) is 5.40. The number of rotatable bonds is 4. The maximum Gasteiger partial charge on any atom is 0.222 e. The molecule has 0 radical (unpaired) electrons. The lowest BCUT2D eigenvalue weighted by molar-refractivity contribution is -0.133. The highest BCUT2D eigenvalue weighted by molar-refractivity contribution is 5.76. The summed E-state index contributed by atoms with van der Waals surface area (Å²) in [6.07, 6.45) is 11.0. The van der Waals surface area contributed by atoms with Crippen LogP contribution in [-0.2, 0) is 4.79 Å². The quantitative estimate of drug-likeness (QED) is 0.802. The van der Waals surface area contributed by atoms with Gasteiger partial charge in [-0.1, -0.05) is 32.6 Å². The summed E-state index contributed by atoms with van der Waals surface area (Å²) in [6.45, 7) is 4.51. The van der Waals surface area contributed by atoms with Gasteiger partial charge in [-0.05, 0) is 50.6 Å². The fourth-order valence-electron chi connectivity index (χ4n) is 3.80. The van der Waals surface area contributed by atoms with E-state index in [0.717, 1.165) is 19.5 Å². The zero-order chi connectivity index (χ0) is 14.4. The van der Waals surface area contributed by atoms with Gasteiger partial charge in [0.15, 0.2) is 0 Å². The zero-order valence-corrected chi connectivity index (χ0v) is 13.4. The van der Waals surface area contributed by atoms with Crippen molar-refractivity contribution >= 4 is 5.91 Å². The first kappa shape index (κ1) is 15.8. The lowest BCUT2D eigenvalue weighted by Gasteiger charge is -2.32. The Bertz CT molecular complexity index is 291. The van der Waals surface area contributed by atoms with Gasteiger partial charge in [0.25, 0.3) is 0 Å². The van der Waals surface area contributed by atoms with E-state index in [9.17, 15) is 4.79 Å². The van der Waals surface area contributed by atoms with Crippen LogP contribution in [0.5, 0.6) is 0 Å². The van der Waals surface area contributed by atoms with E-state index in [1.165, 1.54) is 51.4 Å². The Balaban J connectivity index is 1.79. The van der Waals surface area contributed by atoms with Crippen molar-refractivity contribution in [1.82, 2.24) is 10.2 Å². The molecule has 2 aliphatic rings. The highest BCUT2D eigenvalue weighted by Crippen LogP contribution is 2.25. The first-order valence-corrected chi connectivity index (χ1v) is 8.65. The van der Waals surface area contributed by atoms with Crippen molar-refractivity contribution in [3.8, 4) is 0 Å². The van der Waals surface area contributed by atoms with Crippen molar-refractivity contribution in [2.75, 3.05) is 20.1 Å². The lowest BCUT2D eigenvalue weighted by Crippen LogP contribution is -2.39. The Morgan fingerprint density at radius 2 is 1.85 bits per heavy atom. The third kappa shape index (κ3) is 4.47. The van der Waals surface area contributed by atoms with Gasteiger partial charge in [0.2, 0.25) is 5.91 Å². The van der Waals surface area contributed by atoms with Crippen LogP contribution in [0.25, 0.3) is 0 Å². The summed E-state index contributed by atoms with van der Waals surface area (Å²) in [6, 6.07) is 0.502. The van der Waals surface area contributed by atoms with E-state index in [2.05, 4.69) is 17.1 Å². The Morgan fingerprint density at radius 1 is 1.15 bits per heavy atom. The van der Waals surface area contributed by atoms with Gasteiger partial charge in [-0.15, -0.1) is 0 Å². The normalized spacial score (nSPS) is 26.8. The van der Waals surface area contributed by atoms with E-state index in [0.29, 0.717) is 23.8 Å². The number of carbonyl (C=O) groups excluding carboxylic acids is 1.